The maximum Gasteiger partial charge on any atom is 0.266 e. The molecule has 20 heavy (non-hydrogen) atoms. The van der Waals surface area contributed by atoms with Crippen molar-refractivity contribution in [1.29, 1.82) is 0 Å². The van der Waals surface area contributed by atoms with Crippen LogP contribution >= 0.6 is 0 Å². The zero-order valence-electron chi connectivity index (χ0n) is 12.5. The fourth-order valence-electron chi connectivity index (χ4n) is 3.21. The van der Waals surface area contributed by atoms with Crippen molar-refractivity contribution in [3.8, 4) is 0 Å². The van der Waals surface area contributed by atoms with Crippen LogP contribution in [0.1, 0.15) is 58.3 Å². The maximum absolute atomic E-state index is 10.7. The van der Waals surface area contributed by atoms with Crippen molar-refractivity contribution in [2.24, 2.45) is 11.8 Å². The summed E-state index contributed by atoms with van der Waals surface area (Å²) in [5, 5.41) is 3.23. The summed E-state index contributed by atoms with van der Waals surface area (Å²) in [5.41, 5.74) is 0. The lowest BCUT2D eigenvalue weighted by atomic mass is 9.77. The van der Waals surface area contributed by atoms with Crippen molar-refractivity contribution >= 4 is 20.2 Å². The molecule has 0 heterocycles. The summed E-state index contributed by atoms with van der Waals surface area (Å²) < 4.78 is 24.1. The molecule has 1 aliphatic rings. The van der Waals surface area contributed by atoms with Crippen molar-refractivity contribution in [1.82, 2.24) is 5.32 Å². The Labute approximate surface area is 128 Å². The molecule has 6 heteroatoms. The van der Waals surface area contributed by atoms with E-state index in [2.05, 4.69) is 27.6 Å². The predicted molar refractivity (Wildman–Crippen MR) is 86.5 cm³/mol. The summed E-state index contributed by atoms with van der Waals surface area (Å²) in [6.07, 6.45) is 10.8. The van der Waals surface area contributed by atoms with E-state index in [0.29, 0.717) is 6.54 Å². The van der Waals surface area contributed by atoms with Gasteiger partial charge in [0.15, 0.2) is 0 Å². The molecule has 2 N–H and O–H groups in total. The van der Waals surface area contributed by atoms with Gasteiger partial charge in [-0.1, -0.05) is 45.4 Å². The molecule has 1 fully saturated rings. The third-order valence-electron chi connectivity index (χ3n) is 4.28. The summed E-state index contributed by atoms with van der Waals surface area (Å²) in [4.78, 5) is 0. The first kappa shape index (κ1) is 18.3. The molecule has 0 amide bonds. The first-order valence-electron chi connectivity index (χ1n) is 7.85. The van der Waals surface area contributed by atoms with Gasteiger partial charge in [-0.2, -0.15) is 4.21 Å². The standard InChI is InChI=1S/C14H29NO3S2/c1-2-13(14-7-4-3-5-8-14)9-6-10-15-11-12-18-20(16,17)19/h13-15H,2-12H2,1H3,(H,16,17,19)/t13-/m0/s1. The molecule has 1 rings (SSSR count). The van der Waals surface area contributed by atoms with E-state index < -0.39 is 9.05 Å². The van der Waals surface area contributed by atoms with Crippen LogP contribution in [-0.4, -0.2) is 28.5 Å². The van der Waals surface area contributed by atoms with E-state index in [4.69, 9.17) is 4.55 Å². The zero-order chi connectivity index (χ0) is 14.8. The van der Waals surface area contributed by atoms with E-state index in [1.165, 1.54) is 44.9 Å². The molecule has 0 aromatic rings. The van der Waals surface area contributed by atoms with Gasteiger partial charge in [-0.3, -0.25) is 8.74 Å². The minimum atomic E-state index is -3.46. The molecule has 0 aromatic carbocycles. The highest BCUT2D eigenvalue weighted by Gasteiger charge is 2.21. The van der Waals surface area contributed by atoms with E-state index in [9.17, 15) is 4.21 Å². The largest absolute Gasteiger partial charge is 0.314 e. The van der Waals surface area contributed by atoms with Crippen LogP contribution in [0.15, 0.2) is 0 Å². The number of hydrogen-bond acceptors (Lipinski definition) is 4. The third-order valence-corrected chi connectivity index (χ3v) is 5.03. The maximum atomic E-state index is 10.7. The van der Waals surface area contributed by atoms with E-state index in [0.717, 1.165) is 24.8 Å². The van der Waals surface area contributed by atoms with Crippen LogP contribution in [0.2, 0.25) is 0 Å². The molecular formula is C14H29NO3S2. The smallest absolute Gasteiger partial charge is 0.266 e. The summed E-state index contributed by atoms with van der Waals surface area (Å²) in [6, 6.07) is 0. The van der Waals surface area contributed by atoms with Gasteiger partial charge in [0, 0.05) is 17.7 Å². The van der Waals surface area contributed by atoms with Crippen molar-refractivity contribution in [3.63, 3.8) is 0 Å². The van der Waals surface area contributed by atoms with E-state index in [1.54, 1.807) is 0 Å². The van der Waals surface area contributed by atoms with Crippen LogP contribution in [0.3, 0.4) is 0 Å². The zero-order valence-corrected chi connectivity index (χ0v) is 14.1. The van der Waals surface area contributed by atoms with Gasteiger partial charge in [-0.05, 0) is 31.2 Å². The minimum Gasteiger partial charge on any atom is -0.314 e. The highest BCUT2D eigenvalue weighted by Crippen LogP contribution is 2.33. The Bertz CT molecular complexity index is 340. The van der Waals surface area contributed by atoms with Gasteiger partial charge in [-0.15, -0.1) is 0 Å². The van der Waals surface area contributed by atoms with Gasteiger partial charge >= 0.3 is 0 Å². The molecule has 1 aliphatic carbocycles. The van der Waals surface area contributed by atoms with Gasteiger partial charge in [0.2, 0.25) is 0 Å². The average molecular weight is 324 g/mol. The monoisotopic (exact) mass is 323 g/mol. The summed E-state index contributed by atoms with van der Waals surface area (Å²) in [7, 11) is -3.46. The van der Waals surface area contributed by atoms with Gasteiger partial charge in [0.25, 0.3) is 9.05 Å². The Balaban J connectivity index is 2.04. The molecule has 1 saturated carbocycles. The van der Waals surface area contributed by atoms with Crippen LogP contribution in [0.5, 0.6) is 0 Å². The Morgan fingerprint density at radius 1 is 1.35 bits per heavy atom. The first-order chi connectivity index (χ1) is 9.53. The van der Waals surface area contributed by atoms with Gasteiger partial charge in [0.05, 0.1) is 6.61 Å². The molecule has 0 radical (unpaired) electrons. The lowest BCUT2D eigenvalue weighted by Crippen LogP contribution is -2.24. The van der Waals surface area contributed by atoms with Crippen molar-refractivity contribution in [2.45, 2.75) is 58.3 Å². The Kier molecular flexibility index (Phi) is 9.20. The van der Waals surface area contributed by atoms with Crippen LogP contribution in [0.4, 0.5) is 0 Å². The van der Waals surface area contributed by atoms with Crippen molar-refractivity contribution < 1.29 is 12.9 Å². The van der Waals surface area contributed by atoms with Crippen LogP contribution in [0, 0.1) is 11.8 Å². The van der Waals surface area contributed by atoms with Crippen LogP contribution < -0.4 is 5.32 Å². The second-order valence-electron chi connectivity index (χ2n) is 5.71. The summed E-state index contributed by atoms with van der Waals surface area (Å²) in [5.74, 6) is 1.81. The van der Waals surface area contributed by atoms with Crippen LogP contribution in [-0.2, 0) is 24.4 Å². The minimum absolute atomic E-state index is 0.193. The molecule has 0 bridgehead atoms. The highest BCUT2D eigenvalue weighted by atomic mass is 32.9. The normalized spacial score (nSPS) is 21.5. The molecule has 0 saturated heterocycles. The predicted octanol–water partition coefficient (Wildman–Crippen LogP) is 3.11. The van der Waals surface area contributed by atoms with Gasteiger partial charge < -0.3 is 5.32 Å². The molecule has 1 unspecified atom stereocenters. The molecule has 120 valence electrons. The quantitative estimate of drug-likeness (QED) is 0.605. The molecular weight excluding hydrogens is 294 g/mol. The van der Waals surface area contributed by atoms with Gasteiger partial charge in [-0.25, -0.2) is 0 Å². The fraction of sp³-hybridized carbons (Fsp3) is 1.00. The second kappa shape index (κ2) is 10.1. The number of hydrogen-bond donors (Lipinski definition) is 2. The first-order valence-corrected chi connectivity index (χ1v) is 10.2. The Morgan fingerprint density at radius 2 is 2.05 bits per heavy atom. The molecule has 0 aromatic heterocycles. The summed E-state index contributed by atoms with van der Waals surface area (Å²) in [6.45, 7) is 4.02. The third kappa shape index (κ3) is 8.52. The van der Waals surface area contributed by atoms with Crippen molar-refractivity contribution in [3.05, 3.63) is 0 Å². The highest BCUT2D eigenvalue weighted by molar-refractivity contribution is 8.27. The SMILES string of the molecule is CC[C@@H](CCCNCCOS(=O)(O)=S)C1CCCCC1. The van der Waals surface area contributed by atoms with E-state index in [-0.39, 0.29) is 6.61 Å². The molecule has 0 aliphatic heterocycles. The van der Waals surface area contributed by atoms with Gasteiger partial charge in [0.1, 0.15) is 0 Å². The van der Waals surface area contributed by atoms with Crippen LogP contribution in [0.25, 0.3) is 0 Å². The topological polar surface area (TPSA) is 58.6 Å². The summed E-state index contributed by atoms with van der Waals surface area (Å²) >= 11 is 4.24. The van der Waals surface area contributed by atoms with E-state index >= 15 is 0 Å². The van der Waals surface area contributed by atoms with Crippen molar-refractivity contribution in [2.75, 3.05) is 19.7 Å². The molecule has 4 nitrogen and oxygen atoms in total. The second-order valence-corrected chi connectivity index (χ2v) is 8.06. The lowest BCUT2D eigenvalue weighted by molar-refractivity contribution is 0.226. The number of nitrogens with one attached hydrogen (secondary N) is 1. The Hall–Kier alpha value is 0.250. The molecule has 2 atom stereocenters. The van der Waals surface area contributed by atoms with E-state index in [1.807, 2.05) is 0 Å². The lowest BCUT2D eigenvalue weighted by Gasteiger charge is -2.29. The fourth-order valence-corrected chi connectivity index (χ4v) is 3.71. The Morgan fingerprint density at radius 3 is 2.65 bits per heavy atom. The average Bonchev–Trinajstić information content (AvgIpc) is 2.42. The number of rotatable bonds is 10. The molecule has 0 spiro atoms.